The maximum absolute atomic E-state index is 5.49. The second kappa shape index (κ2) is 39.8. The van der Waals surface area contributed by atoms with Crippen LogP contribution in [0.15, 0.2) is 242 Å². The fourth-order valence-corrected chi connectivity index (χ4v) is 11.1. The number of hydrogen-bond donors (Lipinski definition) is 1. The quantitative estimate of drug-likeness (QED) is 0.0449. The first-order valence-corrected chi connectivity index (χ1v) is 32.6. The van der Waals surface area contributed by atoms with E-state index in [-0.39, 0.29) is 68.2 Å². The van der Waals surface area contributed by atoms with E-state index >= 15 is 0 Å². The first kappa shape index (κ1) is 80.4. The van der Waals surface area contributed by atoms with E-state index in [2.05, 4.69) is 341 Å². The van der Waals surface area contributed by atoms with Crippen molar-refractivity contribution >= 4 is 65.8 Å². The third kappa shape index (κ3) is 22.7. The van der Waals surface area contributed by atoms with Crippen LogP contribution in [0, 0.1) is 6.92 Å². The summed E-state index contributed by atoms with van der Waals surface area (Å²) in [5.74, 6) is 2.95. The molecule has 1 N–H and O–H groups in total. The van der Waals surface area contributed by atoms with E-state index in [1.54, 1.807) is 0 Å². The van der Waals surface area contributed by atoms with Gasteiger partial charge >= 0.3 is 20.2 Å². The molecule has 0 unspecified atom stereocenters. The second-order valence-corrected chi connectivity index (χ2v) is 25.8. The maximum atomic E-state index is 5.49. The molecule has 0 heterocycles. The molecule has 0 aromatic heterocycles. The number of hydrogen-bond acceptors (Lipinski definition) is 1. The normalized spacial score (nSPS) is 11.8. The minimum Gasteiger partial charge on any atom is -1.00 e. The summed E-state index contributed by atoms with van der Waals surface area (Å²) in [6, 6.07) is 79.0. The molecule has 0 aliphatic carbocycles. The molecule has 9 aromatic rings. The molecule has 9 aromatic carbocycles. The first-order valence-electron chi connectivity index (χ1n) is 32.6. The average Bonchev–Trinajstić information content (AvgIpc) is 0.920. The number of benzene rings is 9. The number of nitrogens with zero attached hydrogens (tertiary/aromatic N) is 3. The summed E-state index contributed by atoms with van der Waals surface area (Å²) in [7, 11) is 0. The van der Waals surface area contributed by atoms with Gasteiger partial charge in [0.1, 0.15) is 0 Å². The van der Waals surface area contributed by atoms with Crippen LogP contribution in [-0.2, 0) is 0 Å². The van der Waals surface area contributed by atoms with Crippen molar-refractivity contribution in [1.29, 1.82) is 0 Å². The van der Waals surface area contributed by atoms with Gasteiger partial charge in [-0.05, 0) is 101 Å². The van der Waals surface area contributed by atoms with E-state index in [1.807, 2.05) is 18.2 Å². The van der Waals surface area contributed by atoms with Crippen LogP contribution in [-0.4, -0.2) is 31.7 Å². The molecule has 0 radical (unpaired) electrons. The largest absolute Gasteiger partial charge is 2.00 e. The summed E-state index contributed by atoms with van der Waals surface area (Å²) in [4.78, 5) is 9.41. The van der Waals surface area contributed by atoms with Crippen molar-refractivity contribution in [2.45, 2.75) is 165 Å². The number of allylic oxidation sites excluding steroid dienone is 2. The summed E-state index contributed by atoms with van der Waals surface area (Å²) < 4.78 is 0. The maximum Gasteiger partial charge on any atom is 2.00 e. The fraction of sp³-hybridized carbons (Fsp3) is 0.294. The number of para-hydroxylation sites is 4. The molecule has 4 nitrogen and oxygen atoms in total. The van der Waals surface area contributed by atoms with Gasteiger partial charge in [0, 0.05) is 22.3 Å². The predicted molar refractivity (Wildman–Crippen MR) is 400 cm³/mol. The summed E-state index contributed by atoms with van der Waals surface area (Å²) in [6.07, 6.45) is 4.43. The number of nitrogens with one attached hydrogen (secondary N) is 1. The van der Waals surface area contributed by atoms with Gasteiger partial charge in [-0.1, -0.05) is 351 Å². The monoisotopic (exact) mass is 1450 g/mol. The predicted octanol–water partition coefficient (Wildman–Crippen LogP) is 17.4. The van der Waals surface area contributed by atoms with Gasteiger partial charge in [-0.3, -0.25) is 0 Å². The molecular formula is C85H99Be2I2N4+. The third-order valence-corrected chi connectivity index (χ3v) is 16.1. The van der Waals surface area contributed by atoms with E-state index in [9.17, 15) is 0 Å². The Bertz CT molecular complexity index is 3460. The SMILES string of the molecule is CC(C)c1cccc(C(C)C)c1N=C(/C=C(\[N-]c1c(C(C)C)cccc1C(C)C)c1ccccc1)c1ccccc1.CC(C)c1cccc(C(C)C)c1[N-]/C(=C\C(=[NH+]c1c(C(C)C)cccc1C(C)C)c1ccccc1)c1ccccc1.Cc1ccccc1.[Be+2].[Be+2].[I-].[I-]. The van der Waals surface area contributed by atoms with Crippen molar-refractivity contribution in [3.05, 3.63) is 320 Å². The Morgan fingerprint density at radius 1 is 0.312 bits per heavy atom. The van der Waals surface area contributed by atoms with Gasteiger partial charge in [0.15, 0.2) is 0 Å². The average molecular weight is 1450 g/mol. The zero-order chi connectivity index (χ0) is 64.1. The van der Waals surface area contributed by atoms with Crippen molar-refractivity contribution in [1.82, 2.24) is 0 Å². The minimum absolute atomic E-state index is 0. The van der Waals surface area contributed by atoms with E-state index in [0.717, 1.165) is 62.1 Å². The second-order valence-electron chi connectivity index (χ2n) is 25.8. The van der Waals surface area contributed by atoms with E-state index < -0.39 is 0 Å². The van der Waals surface area contributed by atoms with Crippen LogP contribution in [0.4, 0.5) is 22.7 Å². The molecular weight excluding hydrogens is 1350 g/mol. The summed E-state index contributed by atoms with van der Waals surface area (Å²) in [5, 5.41) is 11.0. The molecule has 0 bridgehead atoms. The Balaban J connectivity index is 0.000000421. The van der Waals surface area contributed by atoms with E-state index in [0.29, 0.717) is 47.3 Å². The van der Waals surface area contributed by atoms with Gasteiger partial charge in [-0.15, -0.1) is 22.8 Å². The third-order valence-electron chi connectivity index (χ3n) is 16.1. The summed E-state index contributed by atoms with van der Waals surface area (Å²) >= 11 is 0. The van der Waals surface area contributed by atoms with Gasteiger partial charge in [0.05, 0.1) is 11.4 Å². The Labute approximate surface area is 603 Å². The molecule has 0 saturated heterocycles. The van der Waals surface area contributed by atoms with Crippen LogP contribution in [0.5, 0.6) is 0 Å². The number of rotatable bonds is 20. The molecule has 0 aliphatic rings. The van der Waals surface area contributed by atoms with Crippen LogP contribution < -0.4 is 52.9 Å². The molecule has 0 aliphatic heterocycles. The van der Waals surface area contributed by atoms with Crippen LogP contribution >= 0.6 is 0 Å². The van der Waals surface area contributed by atoms with Crippen molar-refractivity contribution in [3.8, 4) is 0 Å². The Morgan fingerprint density at radius 3 is 0.882 bits per heavy atom. The molecule has 0 spiro atoms. The van der Waals surface area contributed by atoms with Crippen LogP contribution in [0.3, 0.4) is 0 Å². The fourth-order valence-electron chi connectivity index (χ4n) is 11.1. The van der Waals surface area contributed by atoms with Gasteiger partial charge in [-0.25, -0.2) is 9.98 Å². The molecule has 0 atom stereocenters. The smallest absolute Gasteiger partial charge is 1.00 e. The standard InChI is InChI=1S/2C39H45N2.C7H8.2Be.2HI/c2*1-26(2)32-21-15-22-33(27(3)4)38(32)40-36(30-17-11-9-12-18-30)25-37(31-19-13-10-14-20-31)41-39-34(28(5)6)23-16-24-35(39)29(7)8;1-7-5-3-2-4-6-7;;;;/h2*9-29H,1-8H3;2-6H,1H3;;;2*1H/q2*-1;;2*+2;;/p-1/b2*36-25-,41-37?;;;;;. The molecule has 476 valence electrons. The van der Waals surface area contributed by atoms with E-state index in [1.165, 1.54) is 55.8 Å². The van der Waals surface area contributed by atoms with Crippen LogP contribution in [0.2, 0.25) is 0 Å². The molecule has 0 fully saturated rings. The Morgan fingerprint density at radius 2 is 0.581 bits per heavy atom. The van der Waals surface area contributed by atoms with Gasteiger partial charge < -0.3 is 58.6 Å². The number of halogens is 2. The molecule has 9 rings (SSSR count). The Hall–Kier alpha value is -6.80. The number of aliphatic imine (C=N–C) groups is 1. The molecule has 0 saturated carbocycles. The van der Waals surface area contributed by atoms with Crippen molar-refractivity contribution in [2.75, 3.05) is 0 Å². The van der Waals surface area contributed by atoms with E-state index in [4.69, 9.17) is 15.6 Å². The van der Waals surface area contributed by atoms with Crippen molar-refractivity contribution < 1.29 is 52.9 Å². The Kier molecular flexibility index (Phi) is 34.4. The minimum atomic E-state index is 0. The summed E-state index contributed by atoms with van der Waals surface area (Å²) in [6.45, 7) is 38.1. The molecule has 93 heavy (non-hydrogen) atoms. The van der Waals surface area contributed by atoms with Crippen LogP contribution in [0.25, 0.3) is 22.0 Å². The molecule has 8 heteroatoms. The van der Waals surface area contributed by atoms with Gasteiger partial charge in [0.25, 0.3) is 0 Å². The summed E-state index contributed by atoms with van der Waals surface area (Å²) in [5.41, 5.74) is 24.2. The van der Waals surface area contributed by atoms with Gasteiger partial charge in [0.2, 0.25) is 11.4 Å². The van der Waals surface area contributed by atoms with Gasteiger partial charge in [-0.2, -0.15) is 0 Å². The zero-order valence-electron chi connectivity index (χ0n) is 58.6. The zero-order valence-corrected chi connectivity index (χ0v) is 63.0. The topological polar surface area (TPSA) is 54.5 Å². The first-order chi connectivity index (χ1) is 42.7. The van der Waals surface area contributed by atoms with Crippen LogP contribution in [0.1, 0.15) is 230 Å². The molecule has 0 amide bonds. The van der Waals surface area contributed by atoms with Crippen molar-refractivity contribution in [2.24, 2.45) is 4.99 Å². The number of aryl methyl sites for hydroxylation is 1. The van der Waals surface area contributed by atoms with Crippen molar-refractivity contribution in [3.63, 3.8) is 0 Å².